The van der Waals surface area contributed by atoms with Gasteiger partial charge in [0, 0.05) is 36.4 Å². The second kappa shape index (κ2) is 8.52. The molecule has 3 aromatic rings. The van der Waals surface area contributed by atoms with Crippen LogP contribution in [0.2, 0.25) is 5.02 Å². The van der Waals surface area contributed by atoms with E-state index in [-0.39, 0.29) is 12.0 Å². The van der Waals surface area contributed by atoms with Crippen molar-refractivity contribution in [2.45, 2.75) is 18.8 Å². The summed E-state index contributed by atoms with van der Waals surface area (Å²) in [6, 6.07) is 13.7. The fourth-order valence-electron chi connectivity index (χ4n) is 4.60. The van der Waals surface area contributed by atoms with E-state index in [4.69, 9.17) is 21.3 Å². The molecular formula is C25H22ClN3O2. The second-order valence-corrected chi connectivity index (χ2v) is 8.38. The van der Waals surface area contributed by atoms with Gasteiger partial charge in [-0.15, -0.1) is 0 Å². The third kappa shape index (κ3) is 4.06. The molecule has 1 aliphatic carbocycles. The number of fused-ring (bicyclic) bond motifs is 2. The van der Waals surface area contributed by atoms with Crippen LogP contribution in [0.1, 0.15) is 41.1 Å². The highest BCUT2D eigenvalue weighted by Gasteiger charge is 2.34. The summed E-state index contributed by atoms with van der Waals surface area (Å²) in [5.41, 5.74) is 4.61. The molecule has 1 aliphatic heterocycles. The SMILES string of the molecule is O=C(Oc1cccnc1)N1CCC(C2c3ccc(Cl)cc3C=Cc3cccnc32)CC1. The highest BCUT2D eigenvalue weighted by atomic mass is 35.5. The Balaban J connectivity index is 1.37. The molecule has 0 spiro atoms. The molecule has 1 unspecified atom stereocenters. The van der Waals surface area contributed by atoms with Crippen molar-refractivity contribution < 1.29 is 9.53 Å². The van der Waals surface area contributed by atoms with Gasteiger partial charge in [0.15, 0.2) is 5.75 Å². The molecule has 156 valence electrons. The van der Waals surface area contributed by atoms with Gasteiger partial charge >= 0.3 is 6.09 Å². The highest BCUT2D eigenvalue weighted by Crippen LogP contribution is 2.42. The van der Waals surface area contributed by atoms with Crippen molar-refractivity contribution in [2.75, 3.05) is 13.1 Å². The quantitative estimate of drug-likeness (QED) is 0.525. The number of halogens is 1. The van der Waals surface area contributed by atoms with Gasteiger partial charge in [-0.2, -0.15) is 0 Å². The van der Waals surface area contributed by atoms with Gasteiger partial charge < -0.3 is 9.64 Å². The van der Waals surface area contributed by atoms with Gasteiger partial charge in [0.25, 0.3) is 0 Å². The lowest BCUT2D eigenvalue weighted by Gasteiger charge is -2.36. The Bertz CT molecular complexity index is 1120. The van der Waals surface area contributed by atoms with Crippen LogP contribution in [0.5, 0.6) is 5.75 Å². The molecule has 1 fully saturated rings. The van der Waals surface area contributed by atoms with Crippen LogP contribution in [0.3, 0.4) is 0 Å². The molecule has 3 heterocycles. The minimum atomic E-state index is -0.320. The topological polar surface area (TPSA) is 55.3 Å². The van der Waals surface area contributed by atoms with Crippen molar-refractivity contribution in [2.24, 2.45) is 5.92 Å². The minimum Gasteiger partial charge on any atom is -0.409 e. The summed E-state index contributed by atoms with van der Waals surface area (Å²) in [6.45, 7) is 1.30. The Morgan fingerprint density at radius 2 is 1.84 bits per heavy atom. The fraction of sp³-hybridized carbons (Fsp3) is 0.240. The maximum absolute atomic E-state index is 12.6. The summed E-state index contributed by atoms with van der Waals surface area (Å²) < 4.78 is 5.47. The number of benzene rings is 1. The molecular weight excluding hydrogens is 410 g/mol. The number of aromatic nitrogens is 2. The predicted octanol–water partition coefficient (Wildman–Crippen LogP) is 5.66. The monoisotopic (exact) mass is 431 g/mol. The normalized spacial score (nSPS) is 18.1. The Morgan fingerprint density at radius 3 is 2.65 bits per heavy atom. The third-order valence-corrected chi connectivity index (χ3v) is 6.34. The maximum atomic E-state index is 12.6. The van der Waals surface area contributed by atoms with Crippen molar-refractivity contribution in [1.29, 1.82) is 0 Å². The van der Waals surface area contributed by atoms with Gasteiger partial charge in [0.1, 0.15) is 0 Å². The number of hydrogen-bond donors (Lipinski definition) is 0. The zero-order valence-corrected chi connectivity index (χ0v) is 17.7. The molecule has 2 aromatic heterocycles. The Hall–Kier alpha value is -3.18. The molecule has 0 N–H and O–H groups in total. The molecule has 6 heteroatoms. The average Bonchev–Trinajstić information content (AvgIpc) is 2.96. The van der Waals surface area contributed by atoms with Crippen LogP contribution in [0.25, 0.3) is 12.2 Å². The predicted molar refractivity (Wildman–Crippen MR) is 121 cm³/mol. The van der Waals surface area contributed by atoms with Crippen molar-refractivity contribution in [3.05, 3.63) is 88.5 Å². The standard InChI is InChI=1S/C25H22ClN3O2/c26-20-7-8-22-19(15-20)6-5-18-3-1-12-28-24(18)23(22)17-9-13-29(14-10-17)25(30)31-21-4-2-11-27-16-21/h1-8,11-12,15-17,23H,9-10,13-14H2. The third-order valence-electron chi connectivity index (χ3n) is 6.10. The first-order valence-corrected chi connectivity index (χ1v) is 10.9. The van der Waals surface area contributed by atoms with Crippen molar-refractivity contribution in [3.63, 3.8) is 0 Å². The van der Waals surface area contributed by atoms with Crippen molar-refractivity contribution >= 4 is 29.8 Å². The number of rotatable bonds is 2. The van der Waals surface area contributed by atoms with E-state index in [0.717, 1.165) is 34.7 Å². The van der Waals surface area contributed by atoms with Gasteiger partial charge in [-0.25, -0.2) is 4.79 Å². The summed E-state index contributed by atoms with van der Waals surface area (Å²) in [7, 11) is 0. The van der Waals surface area contributed by atoms with Crippen LogP contribution < -0.4 is 4.74 Å². The fourth-order valence-corrected chi connectivity index (χ4v) is 4.78. The van der Waals surface area contributed by atoms with Gasteiger partial charge in [-0.05, 0) is 65.8 Å². The van der Waals surface area contributed by atoms with Crippen LogP contribution in [0.4, 0.5) is 4.79 Å². The minimum absolute atomic E-state index is 0.162. The van der Waals surface area contributed by atoms with Crippen LogP contribution in [0.15, 0.2) is 61.1 Å². The van der Waals surface area contributed by atoms with E-state index in [2.05, 4.69) is 29.3 Å². The summed E-state index contributed by atoms with van der Waals surface area (Å²) >= 11 is 6.28. The molecule has 1 aromatic carbocycles. The number of hydrogen-bond acceptors (Lipinski definition) is 4. The smallest absolute Gasteiger partial charge is 0.409 e. The second-order valence-electron chi connectivity index (χ2n) is 7.94. The lowest BCUT2D eigenvalue weighted by Crippen LogP contribution is -2.41. The first kappa shape index (κ1) is 19.8. The molecule has 0 saturated carbocycles. The van der Waals surface area contributed by atoms with Crippen LogP contribution in [-0.4, -0.2) is 34.1 Å². The van der Waals surface area contributed by atoms with Gasteiger partial charge in [0.05, 0.1) is 11.9 Å². The number of carbonyl (C=O) groups excluding carboxylic acids is 1. The highest BCUT2D eigenvalue weighted by molar-refractivity contribution is 6.30. The van der Waals surface area contributed by atoms with E-state index in [1.54, 1.807) is 29.4 Å². The molecule has 1 amide bonds. The zero-order valence-electron chi connectivity index (χ0n) is 16.9. The number of pyridine rings is 2. The lowest BCUT2D eigenvalue weighted by molar-refractivity contribution is 0.128. The Kier molecular flexibility index (Phi) is 5.43. The van der Waals surface area contributed by atoms with Crippen LogP contribution in [-0.2, 0) is 0 Å². The number of likely N-dealkylation sites (tertiary alicyclic amines) is 1. The summed E-state index contributed by atoms with van der Waals surface area (Å²) in [6.07, 6.45) is 10.8. The molecule has 0 bridgehead atoms. The lowest BCUT2D eigenvalue weighted by atomic mass is 9.76. The maximum Gasteiger partial charge on any atom is 0.415 e. The number of amides is 1. The number of ether oxygens (including phenoxy) is 1. The van der Waals surface area contributed by atoms with E-state index < -0.39 is 0 Å². The summed E-state index contributed by atoms with van der Waals surface area (Å²) in [4.78, 5) is 23.1. The molecule has 5 nitrogen and oxygen atoms in total. The van der Waals surface area contributed by atoms with Crippen LogP contribution >= 0.6 is 11.6 Å². The largest absolute Gasteiger partial charge is 0.415 e. The van der Waals surface area contributed by atoms with E-state index >= 15 is 0 Å². The molecule has 2 aliphatic rings. The zero-order chi connectivity index (χ0) is 21.2. The summed E-state index contributed by atoms with van der Waals surface area (Å²) in [5.74, 6) is 0.999. The number of piperidine rings is 1. The summed E-state index contributed by atoms with van der Waals surface area (Å²) in [5, 5.41) is 0.731. The molecule has 31 heavy (non-hydrogen) atoms. The van der Waals surface area contributed by atoms with Gasteiger partial charge in [-0.1, -0.05) is 35.9 Å². The van der Waals surface area contributed by atoms with Gasteiger partial charge in [0.2, 0.25) is 0 Å². The number of nitrogens with zero attached hydrogens (tertiary/aromatic N) is 3. The van der Waals surface area contributed by atoms with E-state index in [0.29, 0.717) is 24.8 Å². The number of carbonyl (C=O) groups is 1. The Morgan fingerprint density at radius 1 is 1.03 bits per heavy atom. The van der Waals surface area contributed by atoms with Gasteiger partial charge in [-0.3, -0.25) is 9.97 Å². The molecule has 1 atom stereocenters. The Labute approximate surface area is 186 Å². The van der Waals surface area contributed by atoms with E-state index in [1.807, 2.05) is 24.4 Å². The van der Waals surface area contributed by atoms with Crippen molar-refractivity contribution in [1.82, 2.24) is 14.9 Å². The van der Waals surface area contributed by atoms with E-state index in [9.17, 15) is 4.79 Å². The van der Waals surface area contributed by atoms with E-state index in [1.165, 1.54) is 5.56 Å². The average molecular weight is 432 g/mol. The molecule has 5 rings (SSSR count). The molecule has 1 saturated heterocycles. The van der Waals surface area contributed by atoms with Crippen molar-refractivity contribution in [3.8, 4) is 5.75 Å². The van der Waals surface area contributed by atoms with Crippen LogP contribution in [0, 0.1) is 5.92 Å². The first-order chi connectivity index (χ1) is 15.2. The first-order valence-electron chi connectivity index (χ1n) is 10.5. The molecule has 0 radical (unpaired) electrons.